The molecule has 8 aromatic carbocycles. The van der Waals surface area contributed by atoms with Crippen LogP contribution in [0, 0.1) is 0 Å². The fraction of sp³-hybridized carbons (Fsp3) is 0.0189. The number of imidazole rings is 1. The smallest absolute Gasteiger partial charge is 0.145 e. The molecule has 0 amide bonds. The molecule has 1 atom stereocenters. The Kier molecular flexibility index (Phi) is 6.81. The largest absolute Gasteiger partial charge is 0.456 e. The number of rotatable bonds is 4. The van der Waals surface area contributed by atoms with E-state index in [9.17, 15) is 0 Å². The van der Waals surface area contributed by atoms with E-state index in [-0.39, 0.29) is 0 Å². The standard InChI is InChI=1S/C53H33N3O/c1-3-16-35(17-4-1)49-40-21-8-7-20-39(40)48-50(55-49)41-22-9-10-24-42(41)53(48)43-25-11-14-29-47(43)57-51-38(23-15-26-44(51)53)34-30-32-36(33-31-34)52-54-45-27-12-13-28-46(45)56(52)37-18-5-2-6-19-37/h1-33H. The molecule has 1 unspecified atom stereocenters. The molecule has 10 aromatic rings. The number of hydrogen-bond donors (Lipinski definition) is 0. The van der Waals surface area contributed by atoms with E-state index in [0.717, 1.165) is 89.8 Å². The predicted molar refractivity (Wildman–Crippen MR) is 230 cm³/mol. The number of hydrogen-bond acceptors (Lipinski definition) is 3. The lowest BCUT2D eigenvalue weighted by atomic mass is 9.65. The maximum atomic E-state index is 7.08. The zero-order valence-corrected chi connectivity index (χ0v) is 30.8. The molecule has 4 nitrogen and oxygen atoms in total. The Morgan fingerprint density at radius 1 is 0.421 bits per heavy atom. The number of para-hydroxylation sites is 5. The first-order valence-electron chi connectivity index (χ1n) is 19.4. The van der Waals surface area contributed by atoms with Crippen LogP contribution in [0.25, 0.3) is 72.5 Å². The minimum atomic E-state index is -0.672. The molecule has 2 aliphatic rings. The van der Waals surface area contributed by atoms with Crippen molar-refractivity contribution < 1.29 is 4.74 Å². The molecule has 1 spiro atoms. The van der Waals surface area contributed by atoms with Gasteiger partial charge < -0.3 is 4.74 Å². The molecular formula is C53H33N3O. The van der Waals surface area contributed by atoms with Crippen LogP contribution in [0.3, 0.4) is 0 Å². The summed E-state index contributed by atoms with van der Waals surface area (Å²) in [5.41, 5.74) is 14.5. The van der Waals surface area contributed by atoms with Gasteiger partial charge in [-0.05, 0) is 46.8 Å². The highest BCUT2D eigenvalue weighted by Gasteiger charge is 2.53. The second kappa shape index (κ2) is 12.2. The molecule has 2 aromatic heterocycles. The van der Waals surface area contributed by atoms with Gasteiger partial charge in [0.15, 0.2) is 0 Å². The summed E-state index contributed by atoms with van der Waals surface area (Å²) >= 11 is 0. The second-order valence-corrected chi connectivity index (χ2v) is 14.8. The van der Waals surface area contributed by atoms with Gasteiger partial charge in [-0.1, -0.05) is 170 Å². The summed E-state index contributed by atoms with van der Waals surface area (Å²) < 4.78 is 9.32. The van der Waals surface area contributed by atoms with Gasteiger partial charge in [-0.15, -0.1) is 0 Å². The zero-order valence-electron chi connectivity index (χ0n) is 30.8. The Morgan fingerprint density at radius 2 is 1.05 bits per heavy atom. The maximum Gasteiger partial charge on any atom is 0.145 e. The molecule has 1 aliphatic heterocycles. The van der Waals surface area contributed by atoms with Gasteiger partial charge in [0.1, 0.15) is 17.3 Å². The molecule has 0 fully saturated rings. The number of nitrogens with zero attached hydrogens (tertiary/aromatic N) is 3. The Morgan fingerprint density at radius 3 is 1.89 bits per heavy atom. The van der Waals surface area contributed by atoms with Crippen molar-refractivity contribution in [2.75, 3.05) is 0 Å². The van der Waals surface area contributed by atoms with Crippen molar-refractivity contribution in [1.29, 1.82) is 0 Å². The van der Waals surface area contributed by atoms with E-state index in [2.05, 4.69) is 193 Å². The summed E-state index contributed by atoms with van der Waals surface area (Å²) in [6, 6.07) is 70.9. The lowest BCUT2D eigenvalue weighted by molar-refractivity contribution is 0.438. The summed E-state index contributed by atoms with van der Waals surface area (Å²) in [6.07, 6.45) is 0. The summed E-state index contributed by atoms with van der Waals surface area (Å²) in [7, 11) is 0. The first-order valence-corrected chi connectivity index (χ1v) is 19.4. The third-order valence-electron chi connectivity index (χ3n) is 11.9. The van der Waals surface area contributed by atoms with Gasteiger partial charge in [-0.25, -0.2) is 9.97 Å². The number of aromatic nitrogens is 3. The zero-order chi connectivity index (χ0) is 37.5. The minimum absolute atomic E-state index is 0.672. The second-order valence-electron chi connectivity index (χ2n) is 14.8. The first-order chi connectivity index (χ1) is 28.3. The third kappa shape index (κ3) is 4.50. The maximum absolute atomic E-state index is 7.08. The molecule has 0 saturated heterocycles. The molecule has 4 heteroatoms. The molecule has 0 radical (unpaired) electrons. The van der Waals surface area contributed by atoms with Crippen molar-refractivity contribution in [3.8, 4) is 62.2 Å². The van der Waals surface area contributed by atoms with E-state index < -0.39 is 5.41 Å². The van der Waals surface area contributed by atoms with Crippen molar-refractivity contribution in [3.63, 3.8) is 0 Å². The lowest BCUT2D eigenvalue weighted by Gasteiger charge is -2.40. The van der Waals surface area contributed by atoms with Gasteiger partial charge in [0.05, 0.1) is 27.8 Å². The van der Waals surface area contributed by atoms with E-state index in [1.54, 1.807) is 0 Å². The van der Waals surface area contributed by atoms with E-state index >= 15 is 0 Å². The normalized spacial score (nSPS) is 14.9. The SMILES string of the molecule is c1ccc(-c2nc3c(c4ccccc24)C2(c4ccccc4Oc4c(-c5ccc(-c6nc7ccccc7n6-c6ccccc6)cc5)cccc42)c2ccccc2-3)cc1. The highest BCUT2D eigenvalue weighted by molar-refractivity contribution is 6.05. The predicted octanol–water partition coefficient (Wildman–Crippen LogP) is 13.0. The summed E-state index contributed by atoms with van der Waals surface area (Å²) in [5.74, 6) is 2.62. The van der Waals surface area contributed by atoms with Crippen molar-refractivity contribution in [3.05, 3.63) is 222 Å². The van der Waals surface area contributed by atoms with E-state index in [1.165, 1.54) is 16.5 Å². The fourth-order valence-corrected chi connectivity index (χ4v) is 9.51. The molecule has 3 heterocycles. The summed E-state index contributed by atoms with van der Waals surface area (Å²) in [4.78, 5) is 10.7. The molecule has 0 saturated carbocycles. The number of fused-ring (bicyclic) bond motifs is 12. The monoisotopic (exact) mass is 727 g/mol. The average Bonchev–Trinajstić information content (AvgIpc) is 3.82. The fourth-order valence-electron chi connectivity index (χ4n) is 9.51. The topological polar surface area (TPSA) is 39.9 Å². The van der Waals surface area contributed by atoms with Crippen molar-refractivity contribution in [2.24, 2.45) is 0 Å². The van der Waals surface area contributed by atoms with Gasteiger partial charge in [-0.3, -0.25) is 4.57 Å². The Bertz CT molecular complexity index is 3200. The average molecular weight is 728 g/mol. The number of ether oxygens (including phenoxy) is 1. The van der Waals surface area contributed by atoms with Crippen LogP contribution in [0.5, 0.6) is 11.5 Å². The molecule has 57 heavy (non-hydrogen) atoms. The van der Waals surface area contributed by atoms with Crippen LogP contribution in [0.4, 0.5) is 0 Å². The minimum Gasteiger partial charge on any atom is -0.456 e. The van der Waals surface area contributed by atoms with Crippen molar-refractivity contribution in [2.45, 2.75) is 5.41 Å². The molecule has 0 bridgehead atoms. The van der Waals surface area contributed by atoms with E-state index in [1.807, 2.05) is 12.1 Å². The van der Waals surface area contributed by atoms with Crippen LogP contribution < -0.4 is 4.74 Å². The number of benzene rings is 8. The molecule has 266 valence electrons. The molecule has 12 rings (SSSR count). The van der Waals surface area contributed by atoms with Gasteiger partial charge >= 0.3 is 0 Å². The van der Waals surface area contributed by atoms with E-state index in [0.29, 0.717) is 0 Å². The Labute approximate surface area is 330 Å². The van der Waals surface area contributed by atoms with Crippen molar-refractivity contribution in [1.82, 2.24) is 14.5 Å². The quantitative estimate of drug-likeness (QED) is 0.181. The molecule has 1 aliphatic carbocycles. The van der Waals surface area contributed by atoms with Gasteiger partial charge in [0.25, 0.3) is 0 Å². The first kappa shape index (κ1) is 31.8. The Hall–Kier alpha value is -7.56. The summed E-state index contributed by atoms with van der Waals surface area (Å²) in [5, 5.41) is 2.32. The van der Waals surface area contributed by atoms with Gasteiger partial charge in [0, 0.05) is 50.0 Å². The highest BCUT2D eigenvalue weighted by Crippen LogP contribution is 2.64. The van der Waals surface area contributed by atoms with Crippen LogP contribution in [-0.4, -0.2) is 14.5 Å². The van der Waals surface area contributed by atoms with Gasteiger partial charge in [-0.2, -0.15) is 0 Å². The van der Waals surface area contributed by atoms with E-state index in [4.69, 9.17) is 14.7 Å². The van der Waals surface area contributed by atoms with Crippen LogP contribution in [0.1, 0.15) is 22.3 Å². The Balaban J connectivity index is 1.09. The molecular weight excluding hydrogens is 695 g/mol. The summed E-state index contributed by atoms with van der Waals surface area (Å²) in [6.45, 7) is 0. The van der Waals surface area contributed by atoms with Gasteiger partial charge in [0.2, 0.25) is 0 Å². The molecule has 0 N–H and O–H groups in total. The van der Waals surface area contributed by atoms with Crippen LogP contribution in [0.2, 0.25) is 0 Å². The van der Waals surface area contributed by atoms with Crippen molar-refractivity contribution >= 4 is 21.8 Å². The lowest BCUT2D eigenvalue weighted by Crippen LogP contribution is -2.32. The van der Waals surface area contributed by atoms with Crippen LogP contribution in [0.15, 0.2) is 200 Å². The number of pyridine rings is 1. The third-order valence-corrected chi connectivity index (χ3v) is 11.9. The highest BCUT2D eigenvalue weighted by atomic mass is 16.5. The van der Waals surface area contributed by atoms with Crippen LogP contribution >= 0.6 is 0 Å². The van der Waals surface area contributed by atoms with Crippen LogP contribution in [-0.2, 0) is 5.41 Å².